The zero-order chi connectivity index (χ0) is 11.3. The van der Waals surface area contributed by atoms with Crippen molar-refractivity contribution in [3.8, 4) is 5.75 Å². The fourth-order valence-corrected chi connectivity index (χ4v) is 1.21. The Kier molecular flexibility index (Phi) is 4.39. The van der Waals surface area contributed by atoms with E-state index in [0.717, 1.165) is 0 Å². The highest BCUT2D eigenvalue weighted by Crippen LogP contribution is 2.23. The van der Waals surface area contributed by atoms with Crippen LogP contribution in [0.1, 0.15) is 16.8 Å². The van der Waals surface area contributed by atoms with Gasteiger partial charge in [0.15, 0.2) is 0 Å². The van der Waals surface area contributed by atoms with Gasteiger partial charge in [-0.3, -0.25) is 4.79 Å². The average molecular weight is 230 g/mol. The quantitative estimate of drug-likeness (QED) is 0.679. The molecule has 0 radical (unpaired) electrons. The van der Waals surface area contributed by atoms with Gasteiger partial charge in [0, 0.05) is 18.7 Å². The van der Waals surface area contributed by atoms with Crippen LogP contribution in [-0.4, -0.2) is 29.3 Å². The lowest BCUT2D eigenvalue weighted by atomic mass is 10.2. The molecule has 1 amide bonds. The molecule has 0 aromatic heterocycles. The first kappa shape index (κ1) is 11.8. The maximum atomic E-state index is 11.4. The summed E-state index contributed by atoms with van der Waals surface area (Å²) < 4.78 is 0. The van der Waals surface area contributed by atoms with Gasteiger partial charge in [-0.05, 0) is 24.6 Å². The lowest BCUT2D eigenvalue weighted by molar-refractivity contribution is 0.0951. The van der Waals surface area contributed by atoms with Crippen LogP contribution in [0.4, 0.5) is 0 Å². The average Bonchev–Trinajstić information content (AvgIpc) is 2.22. The van der Waals surface area contributed by atoms with Gasteiger partial charge < -0.3 is 15.5 Å². The molecule has 0 aliphatic carbocycles. The number of aliphatic hydroxyl groups is 1. The standard InChI is InChI=1S/C10H12ClNO3/c11-8-6-7(2-3-9(8)14)10(15)12-4-1-5-13/h2-3,6,13-14H,1,4-5H2,(H,12,15). The third kappa shape index (κ3) is 3.42. The first-order chi connectivity index (χ1) is 7.15. The van der Waals surface area contributed by atoms with E-state index in [1.807, 2.05) is 0 Å². The number of halogens is 1. The van der Waals surface area contributed by atoms with Crippen molar-refractivity contribution in [2.75, 3.05) is 13.2 Å². The summed E-state index contributed by atoms with van der Waals surface area (Å²) in [6.45, 7) is 0.449. The normalized spacial score (nSPS) is 10.0. The predicted molar refractivity (Wildman–Crippen MR) is 57.2 cm³/mol. The molecule has 0 spiro atoms. The number of rotatable bonds is 4. The molecular weight excluding hydrogens is 218 g/mol. The van der Waals surface area contributed by atoms with Gasteiger partial charge in [-0.1, -0.05) is 11.6 Å². The van der Waals surface area contributed by atoms with Crippen LogP contribution < -0.4 is 5.32 Å². The van der Waals surface area contributed by atoms with Crippen molar-refractivity contribution in [3.63, 3.8) is 0 Å². The summed E-state index contributed by atoms with van der Waals surface area (Å²) >= 11 is 5.65. The number of benzene rings is 1. The third-order valence-electron chi connectivity index (χ3n) is 1.83. The van der Waals surface area contributed by atoms with Crippen LogP contribution in [0.25, 0.3) is 0 Å². The molecule has 0 aliphatic heterocycles. The van der Waals surface area contributed by atoms with Crippen LogP contribution in [0.2, 0.25) is 5.02 Å². The van der Waals surface area contributed by atoms with Gasteiger partial charge in [0.1, 0.15) is 5.75 Å². The van der Waals surface area contributed by atoms with E-state index in [2.05, 4.69) is 5.32 Å². The molecular formula is C10H12ClNO3. The first-order valence-corrected chi connectivity index (χ1v) is 4.90. The molecule has 4 nitrogen and oxygen atoms in total. The fraction of sp³-hybridized carbons (Fsp3) is 0.300. The van der Waals surface area contributed by atoms with E-state index in [-0.39, 0.29) is 23.3 Å². The first-order valence-electron chi connectivity index (χ1n) is 4.52. The molecule has 1 aromatic rings. The van der Waals surface area contributed by atoms with E-state index in [1.54, 1.807) is 0 Å². The predicted octanol–water partition coefficient (Wildman–Crippen LogP) is 1.16. The summed E-state index contributed by atoms with van der Waals surface area (Å²) in [7, 11) is 0. The Morgan fingerprint density at radius 2 is 2.20 bits per heavy atom. The molecule has 15 heavy (non-hydrogen) atoms. The molecule has 0 saturated heterocycles. The summed E-state index contributed by atoms with van der Waals surface area (Å²) in [6, 6.07) is 4.24. The van der Waals surface area contributed by atoms with Gasteiger partial charge in [0.25, 0.3) is 5.91 Å². The van der Waals surface area contributed by atoms with E-state index in [0.29, 0.717) is 18.5 Å². The molecule has 0 aliphatic rings. The number of carbonyl (C=O) groups is 1. The maximum Gasteiger partial charge on any atom is 0.251 e. The molecule has 1 aromatic carbocycles. The Morgan fingerprint density at radius 3 is 2.80 bits per heavy atom. The molecule has 0 heterocycles. The number of carbonyl (C=O) groups excluding carboxylic acids is 1. The summed E-state index contributed by atoms with van der Waals surface area (Å²) in [5, 5.41) is 20.4. The Labute approximate surface area is 92.5 Å². The second kappa shape index (κ2) is 5.58. The highest BCUT2D eigenvalue weighted by Gasteiger charge is 2.07. The van der Waals surface area contributed by atoms with E-state index < -0.39 is 0 Å². The summed E-state index contributed by atoms with van der Waals surface area (Å²) in [5.41, 5.74) is 0.385. The van der Waals surface area contributed by atoms with Gasteiger partial charge in [0.2, 0.25) is 0 Å². The molecule has 0 fully saturated rings. The number of aliphatic hydroxyl groups excluding tert-OH is 1. The summed E-state index contributed by atoms with van der Waals surface area (Å²) in [5.74, 6) is -0.325. The van der Waals surface area contributed by atoms with Crippen LogP contribution in [0, 0.1) is 0 Å². The minimum atomic E-state index is -0.273. The van der Waals surface area contributed by atoms with Crippen LogP contribution in [0.15, 0.2) is 18.2 Å². The molecule has 0 bridgehead atoms. The number of amides is 1. The lowest BCUT2D eigenvalue weighted by Crippen LogP contribution is -2.24. The monoisotopic (exact) mass is 229 g/mol. The number of aromatic hydroxyl groups is 1. The second-order valence-electron chi connectivity index (χ2n) is 3.00. The molecule has 82 valence electrons. The van der Waals surface area contributed by atoms with E-state index in [4.69, 9.17) is 21.8 Å². The smallest absolute Gasteiger partial charge is 0.251 e. The molecule has 5 heteroatoms. The largest absolute Gasteiger partial charge is 0.506 e. The lowest BCUT2D eigenvalue weighted by Gasteiger charge is -2.04. The number of nitrogens with one attached hydrogen (secondary N) is 1. The highest BCUT2D eigenvalue weighted by molar-refractivity contribution is 6.32. The van der Waals surface area contributed by atoms with Crippen molar-refractivity contribution in [2.45, 2.75) is 6.42 Å². The molecule has 0 saturated carbocycles. The van der Waals surface area contributed by atoms with Gasteiger partial charge >= 0.3 is 0 Å². The summed E-state index contributed by atoms with van der Waals surface area (Å²) in [6.07, 6.45) is 0.511. The number of hydrogen-bond acceptors (Lipinski definition) is 3. The number of phenols is 1. The van der Waals surface area contributed by atoms with Crippen molar-refractivity contribution in [3.05, 3.63) is 28.8 Å². The minimum absolute atomic E-state index is 0.0383. The van der Waals surface area contributed by atoms with Gasteiger partial charge in [-0.15, -0.1) is 0 Å². The molecule has 1 rings (SSSR count). The van der Waals surface area contributed by atoms with Crippen LogP contribution in [0.5, 0.6) is 5.75 Å². The highest BCUT2D eigenvalue weighted by atomic mass is 35.5. The van der Waals surface area contributed by atoms with Crippen molar-refractivity contribution in [1.82, 2.24) is 5.32 Å². The van der Waals surface area contributed by atoms with E-state index in [1.165, 1.54) is 18.2 Å². The summed E-state index contributed by atoms with van der Waals surface area (Å²) in [4.78, 5) is 11.4. The van der Waals surface area contributed by atoms with Gasteiger partial charge in [0.05, 0.1) is 5.02 Å². The fourth-order valence-electron chi connectivity index (χ4n) is 1.03. The van der Waals surface area contributed by atoms with Crippen molar-refractivity contribution < 1.29 is 15.0 Å². The van der Waals surface area contributed by atoms with Crippen LogP contribution >= 0.6 is 11.6 Å². The maximum absolute atomic E-state index is 11.4. The molecule has 0 atom stereocenters. The Hall–Kier alpha value is -1.26. The van der Waals surface area contributed by atoms with Crippen molar-refractivity contribution in [2.24, 2.45) is 0 Å². The zero-order valence-electron chi connectivity index (χ0n) is 8.03. The Morgan fingerprint density at radius 1 is 1.47 bits per heavy atom. The minimum Gasteiger partial charge on any atom is -0.506 e. The van der Waals surface area contributed by atoms with Crippen molar-refractivity contribution in [1.29, 1.82) is 0 Å². The Bertz CT molecular complexity index is 355. The SMILES string of the molecule is O=C(NCCCO)c1ccc(O)c(Cl)c1. The molecule has 3 N–H and O–H groups in total. The third-order valence-corrected chi connectivity index (χ3v) is 2.13. The number of phenolic OH excluding ortho intramolecular Hbond substituents is 1. The zero-order valence-corrected chi connectivity index (χ0v) is 8.79. The van der Waals surface area contributed by atoms with Crippen molar-refractivity contribution >= 4 is 17.5 Å². The van der Waals surface area contributed by atoms with Gasteiger partial charge in [-0.25, -0.2) is 0 Å². The van der Waals surface area contributed by atoms with E-state index >= 15 is 0 Å². The molecule has 0 unspecified atom stereocenters. The second-order valence-corrected chi connectivity index (χ2v) is 3.41. The van der Waals surface area contributed by atoms with E-state index in [9.17, 15) is 4.79 Å². The Balaban J connectivity index is 2.62. The van der Waals surface area contributed by atoms with Gasteiger partial charge in [-0.2, -0.15) is 0 Å². The van der Waals surface area contributed by atoms with Crippen LogP contribution in [-0.2, 0) is 0 Å². The van der Waals surface area contributed by atoms with Crippen LogP contribution in [0.3, 0.4) is 0 Å². The number of hydrogen-bond donors (Lipinski definition) is 3. The topological polar surface area (TPSA) is 69.6 Å².